The first-order valence-corrected chi connectivity index (χ1v) is 6.97. The monoisotopic (exact) mass is 275 g/mol. The van der Waals surface area contributed by atoms with Crippen LogP contribution in [0.5, 0.6) is 0 Å². The molecule has 0 spiro atoms. The van der Waals surface area contributed by atoms with Crippen molar-refractivity contribution in [3.63, 3.8) is 0 Å². The van der Waals surface area contributed by atoms with Crippen molar-refractivity contribution in [2.24, 2.45) is 0 Å². The number of aromatic nitrogens is 1. The maximum Gasteiger partial charge on any atom is 0.265 e. The lowest BCUT2D eigenvalue weighted by Gasteiger charge is -2.16. The molecule has 0 atom stereocenters. The molecule has 1 amide bonds. The van der Waals surface area contributed by atoms with Gasteiger partial charge in [0.2, 0.25) is 0 Å². The van der Waals surface area contributed by atoms with E-state index in [4.69, 9.17) is 0 Å². The van der Waals surface area contributed by atoms with Crippen LogP contribution in [-0.4, -0.2) is 10.9 Å². The van der Waals surface area contributed by atoms with E-state index in [1.54, 1.807) is 12.4 Å². The number of anilines is 2. The number of hydrogen-bond donors (Lipinski definition) is 2. The summed E-state index contributed by atoms with van der Waals surface area (Å²) < 4.78 is 0. The summed E-state index contributed by atoms with van der Waals surface area (Å²) >= 11 is 2.85. The average molecular weight is 275 g/mol. The van der Waals surface area contributed by atoms with Crippen molar-refractivity contribution in [1.29, 1.82) is 0 Å². The molecule has 2 aromatic rings. The molecule has 4 nitrogen and oxygen atoms in total. The third-order valence-electron chi connectivity index (χ3n) is 2.34. The molecule has 90 valence electrons. The van der Waals surface area contributed by atoms with E-state index < -0.39 is 0 Å². The van der Waals surface area contributed by atoms with Crippen LogP contribution in [0, 0.1) is 0 Å². The Balaban J connectivity index is 1.75. The van der Waals surface area contributed by atoms with Gasteiger partial charge >= 0.3 is 0 Å². The lowest BCUT2D eigenvalue weighted by Crippen LogP contribution is -2.15. The molecule has 0 unspecified atom stereocenters. The zero-order chi connectivity index (χ0) is 12.4. The fourth-order valence-corrected chi connectivity index (χ4v) is 2.93. The van der Waals surface area contributed by atoms with Crippen molar-refractivity contribution < 1.29 is 4.79 Å². The summed E-state index contributed by atoms with van der Waals surface area (Å²) in [6.07, 6.45) is 3.38. The van der Waals surface area contributed by atoms with Crippen LogP contribution in [0.3, 0.4) is 0 Å². The molecular weight excluding hydrogens is 266 g/mol. The zero-order valence-corrected chi connectivity index (χ0v) is 10.8. The fourth-order valence-electron chi connectivity index (χ4n) is 1.52. The number of carbonyl (C=O) groups is 1. The first-order chi connectivity index (χ1) is 8.83. The van der Waals surface area contributed by atoms with E-state index in [-0.39, 0.29) is 5.91 Å². The lowest BCUT2D eigenvalue weighted by molar-refractivity contribution is -0.112. The second kappa shape index (κ2) is 4.83. The number of benzene rings is 1. The summed E-state index contributed by atoms with van der Waals surface area (Å²) in [6, 6.07) is 7.88. The average Bonchev–Trinajstić information content (AvgIpc) is 2.91. The van der Waals surface area contributed by atoms with Gasteiger partial charge in [0.05, 0.1) is 10.6 Å². The molecule has 1 aliphatic rings. The highest BCUT2D eigenvalue weighted by atomic mass is 32.2. The Kier molecular flexibility index (Phi) is 3.04. The number of fused-ring (bicyclic) bond motifs is 1. The summed E-state index contributed by atoms with van der Waals surface area (Å²) in [5, 5.41) is 8.31. The van der Waals surface area contributed by atoms with Gasteiger partial charge in [-0.2, -0.15) is 0 Å². The van der Waals surface area contributed by atoms with Crippen LogP contribution in [0.4, 0.5) is 10.8 Å². The van der Waals surface area contributed by atoms with Gasteiger partial charge in [-0.05, 0) is 12.1 Å². The molecule has 1 aromatic carbocycles. The molecule has 0 radical (unpaired) electrons. The molecule has 0 saturated heterocycles. The normalized spacial score (nSPS) is 13.2. The topological polar surface area (TPSA) is 54.0 Å². The summed E-state index contributed by atoms with van der Waals surface area (Å²) in [6.45, 7) is 0. The Labute approximate surface area is 112 Å². The second-order valence-electron chi connectivity index (χ2n) is 3.54. The van der Waals surface area contributed by atoms with Gasteiger partial charge in [-0.25, -0.2) is 4.98 Å². The summed E-state index contributed by atoms with van der Waals surface area (Å²) in [5.74, 6) is -0.142. The number of rotatable bonds is 2. The van der Waals surface area contributed by atoms with E-state index in [2.05, 4.69) is 15.6 Å². The third-order valence-corrected chi connectivity index (χ3v) is 4.13. The molecule has 18 heavy (non-hydrogen) atoms. The quantitative estimate of drug-likeness (QED) is 0.884. The summed E-state index contributed by atoms with van der Waals surface area (Å²) in [4.78, 5) is 17.7. The van der Waals surface area contributed by atoms with E-state index in [0.717, 1.165) is 10.6 Å². The van der Waals surface area contributed by atoms with Gasteiger partial charge in [0.1, 0.15) is 0 Å². The van der Waals surface area contributed by atoms with Crippen molar-refractivity contribution in [3.8, 4) is 0 Å². The molecule has 1 aromatic heterocycles. The zero-order valence-electron chi connectivity index (χ0n) is 9.21. The van der Waals surface area contributed by atoms with E-state index >= 15 is 0 Å². The van der Waals surface area contributed by atoms with Gasteiger partial charge in [-0.15, -0.1) is 11.3 Å². The molecule has 0 aliphatic carbocycles. The van der Waals surface area contributed by atoms with Gasteiger partial charge in [-0.3, -0.25) is 10.1 Å². The summed E-state index contributed by atoms with van der Waals surface area (Å²) in [5.41, 5.74) is 1.02. The predicted octanol–water partition coefficient (Wildman–Crippen LogP) is 3.14. The van der Waals surface area contributed by atoms with Crippen molar-refractivity contribution in [2.45, 2.75) is 4.90 Å². The highest BCUT2D eigenvalue weighted by Gasteiger charge is 2.17. The van der Waals surface area contributed by atoms with Crippen LogP contribution in [0.2, 0.25) is 0 Å². The smallest absolute Gasteiger partial charge is 0.265 e. The van der Waals surface area contributed by atoms with Crippen LogP contribution < -0.4 is 10.6 Å². The van der Waals surface area contributed by atoms with Crippen LogP contribution in [0.1, 0.15) is 0 Å². The van der Waals surface area contributed by atoms with E-state index in [1.165, 1.54) is 23.1 Å². The maximum atomic E-state index is 12.0. The number of thiazole rings is 1. The highest BCUT2D eigenvalue weighted by Crippen LogP contribution is 2.36. The van der Waals surface area contributed by atoms with Crippen LogP contribution in [0.15, 0.2) is 51.8 Å². The molecule has 1 aliphatic heterocycles. The number of amides is 1. The molecule has 3 rings (SSSR count). The molecule has 2 N–H and O–H groups in total. The highest BCUT2D eigenvalue weighted by molar-refractivity contribution is 8.04. The molecule has 0 saturated carbocycles. The first-order valence-electron chi connectivity index (χ1n) is 5.27. The van der Waals surface area contributed by atoms with Crippen molar-refractivity contribution >= 4 is 39.8 Å². The minimum Gasteiger partial charge on any atom is -0.359 e. The van der Waals surface area contributed by atoms with Crippen LogP contribution >= 0.6 is 23.1 Å². The van der Waals surface area contributed by atoms with Crippen molar-refractivity contribution in [2.75, 3.05) is 10.6 Å². The Morgan fingerprint density at radius 2 is 2.22 bits per heavy atom. The molecular formula is C12H9N3OS2. The number of para-hydroxylation sites is 1. The van der Waals surface area contributed by atoms with Gasteiger partial charge in [0.25, 0.3) is 5.91 Å². The number of nitrogens with one attached hydrogen (secondary N) is 2. The van der Waals surface area contributed by atoms with Crippen LogP contribution in [-0.2, 0) is 4.79 Å². The summed E-state index contributed by atoms with van der Waals surface area (Å²) in [7, 11) is 0. The van der Waals surface area contributed by atoms with Gasteiger partial charge < -0.3 is 5.32 Å². The Morgan fingerprint density at radius 1 is 1.33 bits per heavy atom. The lowest BCUT2D eigenvalue weighted by atomic mass is 10.3. The number of carbonyl (C=O) groups excluding carboxylic acids is 1. The largest absolute Gasteiger partial charge is 0.359 e. The Morgan fingerprint density at radius 3 is 3.06 bits per heavy atom. The Bertz CT molecular complexity index is 608. The van der Waals surface area contributed by atoms with Gasteiger partial charge in [0, 0.05) is 22.7 Å². The minimum absolute atomic E-state index is 0.142. The SMILES string of the molecule is O=C(Nc1nccs1)C1=CNc2ccccc2S1. The minimum atomic E-state index is -0.142. The number of thioether (sulfide) groups is 1. The van der Waals surface area contributed by atoms with E-state index in [9.17, 15) is 4.79 Å². The number of nitrogens with zero attached hydrogens (tertiary/aromatic N) is 1. The number of hydrogen-bond acceptors (Lipinski definition) is 5. The van der Waals surface area contributed by atoms with E-state index in [0.29, 0.717) is 10.0 Å². The van der Waals surface area contributed by atoms with E-state index in [1.807, 2.05) is 29.6 Å². The molecule has 6 heteroatoms. The van der Waals surface area contributed by atoms with Crippen LogP contribution in [0.25, 0.3) is 0 Å². The molecule has 0 fully saturated rings. The fraction of sp³-hybridized carbons (Fsp3) is 0. The Hall–Kier alpha value is -1.79. The van der Waals surface area contributed by atoms with Crippen molar-refractivity contribution in [1.82, 2.24) is 4.98 Å². The van der Waals surface area contributed by atoms with Gasteiger partial charge in [-0.1, -0.05) is 23.9 Å². The first kappa shape index (κ1) is 11.3. The molecule has 0 bridgehead atoms. The van der Waals surface area contributed by atoms with Gasteiger partial charge in [0.15, 0.2) is 5.13 Å². The predicted molar refractivity (Wildman–Crippen MR) is 74.7 cm³/mol. The second-order valence-corrected chi connectivity index (χ2v) is 5.52. The molecule has 2 heterocycles. The van der Waals surface area contributed by atoms with Crippen molar-refractivity contribution in [3.05, 3.63) is 46.9 Å². The standard InChI is InChI=1S/C12H9N3OS2/c16-11(15-12-13-5-6-17-12)10-7-14-8-3-1-2-4-9(8)18-10/h1-7,14H,(H,13,15,16). The maximum absolute atomic E-state index is 12.0. The third kappa shape index (κ3) is 2.25.